The quantitative estimate of drug-likeness (QED) is 0.681. The molecule has 0 bridgehead atoms. The smallest absolute Gasteiger partial charge is 0.360 e. The molecule has 5 nitrogen and oxygen atoms in total. The van der Waals surface area contributed by atoms with Gasteiger partial charge in [-0.15, -0.1) is 31.7 Å². The molecule has 0 spiro atoms. The van der Waals surface area contributed by atoms with Crippen molar-refractivity contribution in [3.05, 3.63) is 40.2 Å². The number of nitrogens with zero attached hydrogens (tertiary/aromatic N) is 4. The van der Waals surface area contributed by atoms with Crippen LogP contribution in [0.15, 0.2) is 39.0 Å². The summed E-state index contributed by atoms with van der Waals surface area (Å²) in [6.07, 6.45) is -3.59. The highest BCUT2D eigenvalue weighted by Gasteiger charge is 2.32. The van der Waals surface area contributed by atoms with Crippen molar-refractivity contribution in [3.63, 3.8) is 0 Å². The van der Waals surface area contributed by atoms with Crippen molar-refractivity contribution in [2.45, 2.75) is 22.0 Å². The van der Waals surface area contributed by atoms with Crippen molar-refractivity contribution in [3.8, 4) is 0 Å². The molecule has 0 amide bonds. The summed E-state index contributed by atoms with van der Waals surface area (Å²) in [6, 6.07) is 6.24. The summed E-state index contributed by atoms with van der Waals surface area (Å²) in [4.78, 5) is 1.28. The Hall–Kier alpha value is -1.72. The normalized spacial score (nSPS) is 11.6. The second-order valence-corrected chi connectivity index (χ2v) is 7.76. The summed E-state index contributed by atoms with van der Waals surface area (Å²) in [5, 5.41) is 20.9. The van der Waals surface area contributed by atoms with Gasteiger partial charge >= 0.3 is 6.18 Å². The van der Waals surface area contributed by atoms with Gasteiger partial charge in [-0.2, -0.15) is 13.2 Å². The number of hydrogen-bond donors (Lipinski definition) is 1. The number of nitrogens with one attached hydrogen (secondary N) is 1. The van der Waals surface area contributed by atoms with E-state index < -0.39 is 11.9 Å². The van der Waals surface area contributed by atoms with E-state index in [-0.39, 0.29) is 0 Å². The van der Waals surface area contributed by atoms with Crippen LogP contribution >= 0.6 is 34.4 Å². The van der Waals surface area contributed by atoms with Crippen molar-refractivity contribution in [2.24, 2.45) is 0 Å². The average molecular weight is 389 g/mol. The zero-order chi connectivity index (χ0) is 17.0. The molecule has 1 N–H and O–H groups in total. The number of hydrogen-bond acceptors (Lipinski definition) is 8. The molecule has 0 radical (unpaired) electrons. The lowest BCUT2D eigenvalue weighted by molar-refractivity contribution is -0.141. The van der Waals surface area contributed by atoms with Crippen LogP contribution in [0.25, 0.3) is 0 Å². The van der Waals surface area contributed by atoms with Crippen molar-refractivity contribution in [1.29, 1.82) is 0 Å². The molecule has 3 heterocycles. The van der Waals surface area contributed by atoms with Gasteiger partial charge < -0.3 is 5.32 Å². The van der Waals surface area contributed by atoms with E-state index >= 15 is 0 Å². The monoisotopic (exact) mass is 389 g/mol. The zero-order valence-corrected chi connectivity index (χ0v) is 14.4. The Morgan fingerprint density at radius 2 is 1.96 bits per heavy atom. The first-order valence-electron chi connectivity index (χ1n) is 6.69. The molecule has 3 aromatic heterocycles. The van der Waals surface area contributed by atoms with Gasteiger partial charge in [-0.25, -0.2) is 0 Å². The molecular weight excluding hydrogens is 379 g/mol. The number of rotatable bonds is 6. The number of halogens is 3. The Morgan fingerprint density at radius 1 is 1.08 bits per heavy atom. The maximum atomic E-state index is 12.4. The van der Waals surface area contributed by atoms with Gasteiger partial charge in [0, 0.05) is 11.4 Å². The van der Waals surface area contributed by atoms with E-state index in [1.165, 1.54) is 22.3 Å². The number of thiophene rings is 1. The summed E-state index contributed by atoms with van der Waals surface area (Å²) in [5.41, 5.74) is -1.01. The summed E-state index contributed by atoms with van der Waals surface area (Å²) in [6.45, 7) is 0.736. The van der Waals surface area contributed by atoms with E-state index in [2.05, 4.69) is 31.8 Å². The highest BCUT2D eigenvalue weighted by Crippen LogP contribution is 2.32. The van der Waals surface area contributed by atoms with E-state index in [1.807, 2.05) is 11.4 Å². The predicted molar refractivity (Wildman–Crippen MR) is 87.6 cm³/mol. The SMILES string of the molecule is FC(F)(F)c1ccc(Sc2nnc(NCCc3cccs3)s2)nn1. The summed E-state index contributed by atoms with van der Waals surface area (Å²) in [7, 11) is 0. The zero-order valence-electron chi connectivity index (χ0n) is 11.9. The fourth-order valence-corrected chi connectivity index (χ4v) is 4.03. The second-order valence-electron chi connectivity index (χ2n) is 4.49. The molecular formula is C13H10F3N5S3. The molecule has 3 rings (SSSR count). The minimum absolute atomic E-state index is 0.337. The van der Waals surface area contributed by atoms with Gasteiger partial charge in [0.1, 0.15) is 5.03 Å². The number of alkyl halides is 3. The van der Waals surface area contributed by atoms with Crippen molar-refractivity contribution < 1.29 is 13.2 Å². The van der Waals surface area contributed by atoms with E-state index in [1.54, 1.807) is 11.3 Å². The van der Waals surface area contributed by atoms with E-state index in [0.29, 0.717) is 14.5 Å². The van der Waals surface area contributed by atoms with Crippen LogP contribution < -0.4 is 5.32 Å². The summed E-state index contributed by atoms with van der Waals surface area (Å²) >= 11 is 4.14. The average Bonchev–Trinajstić information content (AvgIpc) is 3.19. The second kappa shape index (κ2) is 7.45. The van der Waals surface area contributed by atoms with Crippen LogP contribution in [0, 0.1) is 0 Å². The van der Waals surface area contributed by atoms with Gasteiger partial charge in [-0.1, -0.05) is 17.4 Å². The third-order valence-corrected chi connectivity index (χ3v) is 5.55. The third-order valence-electron chi connectivity index (χ3n) is 2.76. The summed E-state index contributed by atoms with van der Waals surface area (Å²) < 4.78 is 37.9. The Bertz CT molecular complexity index is 771. The molecule has 0 unspecified atom stereocenters. The van der Waals surface area contributed by atoms with Crippen LogP contribution in [0.3, 0.4) is 0 Å². The van der Waals surface area contributed by atoms with Crippen LogP contribution in [0.4, 0.5) is 18.3 Å². The lowest BCUT2D eigenvalue weighted by Crippen LogP contribution is -2.08. The predicted octanol–water partition coefficient (Wildman–Crippen LogP) is 4.21. The third kappa shape index (κ3) is 4.65. The molecule has 0 aromatic carbocycles. The van der Waals surface area contributed by atoms with Crippen LogP contribution in [0.1, 0.15) is 10.6 Å². The fourth-order valence-electron chi connectivity index (χ4n) is 1.69. The summed E-state index contributed by atoms with van der Waals surface area (Å²) in [5.74, 6) is 0. The fraction of sp³-hybridized carbons (Fsp3) is 0.231. The number of anilines is 1. The van der Waals surface area contributed by atoms with Gasteiger partial charge in [-0.05, 0) is 41.8 Å². The lowest BCUT2D eigenvalue weighted by Gasteiger charge is -2.03. The molecule has 0 saturated carbocycles. The van der Waals surface area contributed by atoms with Gasteiger partial charge in [0.05, 0.1) is 0 Å². The first kappa shape index (κ1) is 17.1. The Morgan fingerprint density at radius 3 is 2.62 bits per heavy atom. The molecule has 0 atom stereocenters. The maximum Gasteiger partial charge on any atom is 0.435 e. The van der Waals surface area contributed by atoms with E-state index in [0.717, 1.165) is 30.8 Å². The number of aromatic nitrogens is 4. The topological polar surface area (TPSA) is 63.6 Å². The van der Waals surface area contributed by atoms with Crippen LogP contribution in [-0.2, 0) is 12.6 Å². The van der Waals surface area contributed by atoms with Crippen LogP contribution in [0.2, 0.25) is 0 Å². The Balaban J connectivity index is 1.53. The minimum Gasteiger partial charge on any atom is -0.360 e. The minimum atomic E-state index is -4.49. The molecule has 126 valence electrons. The molecule has 0 aliphatic carbocycles. The van der Waals surface area contributed by atoms with Crippen LogP contribution in [-0.4, -0.2) is 26.9 Å². The van der Waals surface area contributed by atoms with Crippen molar-refractivity contribution in [1.82, 2.24) is 20.4 Å². The van der Waals surface area contributed by atoms with Crippen LogP contribution in [0.5, 0.6) is 0 Å². The maximum absolute atomic E-state index is 12.4. The highest BCUT2D eigenvalue weighted by molar-refractivity contribution is 8.01. The molecule has 0 fully saturated rings. The van der Waals surface area contributed by atoms with Gasteiger partial charge in [0.15, 0.2) is 10.0 Å². The highest BCUT2D eigenvalue weighted by atomic mass is 32.2. The van der Waals surface area contributed by atoms with Crippen molar-refractivity contribution >= 4 is 39.6 Å². The Kier molecular flexibility index (Phi) is 5.31. The first-order valence-corrected chi connectivity index (χ1v) is 9.20. The lowest BCUT2D eigenvalue weighted by atomic mass is 10.3. The molecule has 3 aromatic rings. The van der Waals surface area contributed by atoms with Gasteiger partial charge in [0.2, 0.25) is 5.13 Å². The van der Waals surface area contributed by atoms with Gasteiger partial charge in [0.25, 0.3) is 0 Å². The molecule has 0 aliphatic rings. The van der Waals surface area contributed by atoms with E-state index in [9.17, 15) is 13.2 Å². The Labute approximate surface area is 147 Å². The molecule has 0 saturated heterocycles. The first-order chi connectivity index (χ1) is 11.5. The van der Waals surface area contributed by atoms with Gasteiger partial charge in [-0.3, -0.25) is 0 Å². The molecule has 11 heteroatoms. The molecule has 0 aliphatic heterocycles. The van der Waals surface area contributed by atoms with Crippen molar-refractivity contribution in [2.75, 3.05) is 11.9 Å². The largest absolute Gasteiger partial charge is 0.435 e. The standard InChI is InChI=1S/C13H10F3N5S3/c14-13(15,16)9-3-4-10(19-18-9)23-12-21-20-11(24-12)17-6-5-8-2-1-7-22-8/h1-4,7H,5-6H2,(H,17,20). The van der Waals surface area contributed by atoms with E-state index in [4.69, 9.17) is 0 Å². The molecule has 24 heavy (non-hydrogen) atoms.